The van der Waals surface area contributed by atoms with Crippen molar-refractivity contribution in [3.63, 3.8) is 0 Å². The summed E-state index contributed by atoms with van der Waals surface area (Å²) in [6.45, 7) is 6.80. The first-order valence-corrected chi connectivity index (χ1v) is 6.20. The van der Waals surface area contributed by atoms with E-state index >= 15 is 0 Å². The van der Waals surface area contributed by atoms with Crippen LogP contribution >= 0.6 is 12.4 Å². The fourth-order valence-corrected chi connectivity index (χ4v) is 1.64. The van der Waals surface area contributed by atoms with Gasteiger partial charge >= 0.3 is 0 Å². The molecule has 0 atom stereocenters. The van der Waals surface area contributed by atoms with Crippen LogP contribution in [-0.2, 0) is 4.74 Å². The quantitative estimate of drug-likeness (QED) is 0.750. The minimum Gasteiger partial charge on any atom is -0.383 e. The van der Waals surface area contributed by atoms with E-state index in [9.17, 15) is 4.79 Å². The molecule has 0 bridgehead atoms. The van der Waals surface area contributed by atoms with Crippen molar-refractivity contribution in [2.45, 2.75) is 13.8 Å². The van der Waals surface area contributed by atoms with Gasteiger partial charge in [-0.25, -0.2) is 0 Å². The number of halogens is 1. The molecule has 0 heterocycles. The summed E-state index contributed by atoms with van der Waals surface area (Å²) in [5, 5.41) is 6.08. The third-order valence-corrected chi connectivity index (χ3v) is 2.71. The van der Waals surface area contributed by atoms with Gasteiger partial charge in [-0.2, -0.15) is 0 Å². The molecule has 0 fully saturated rings. The molecule has 5 heteroatoms. The molecular formula is C14H23ClN2O2. The third-order valence-electron chi connectivity index (χ3n) is 2.71. The van der Waals surface area contributed by atoms with Crippen molar-refractivity contribution in [3.8, 4) is 0 Å². The van der Waals surface area contributed by atoms with Crippen LogP contribution in [0.3, 0.4) is 0 Å². The standard InChI is InChI=1S/C14H22N2O2.ClH/c1-11-4-5-12(2)13(10-11)14(17)16-7-6-15-8-9-18-3;/h4-5,10,15H,6-9H2,1-3H3,(H,16,17);1H. The second-order valence-electron chi connectivity index (χ2n) is 4.32. The van der Waals surface area contributed by atoms with E-state index in [4.69, 9.17) is 4.74 Å². The highest BCUT2D eigenvalue weighted by molar-refractivity contribution is 5.95. The summed E-state index contributed by atoms with van der Waals surface area (Å²) < 4.78 is 4.92. The van der Waals surface area contributed by atoms with Crippen LogP contribution in [0.25, 0.3) is 0 Å². The Morgan fingerprint density at radius 2 is 1.95 bits per heavy atom. The molecule has 1 aromatic rings. The number of amides is 1. The first kappa shape index (κ1) is 17.9. The summed E-state index contributed by atoms with van der Waals surface area (Å²) in [7, 11) is 1.67. The van der Waals surface area contributed by atoms with E-state index in [1.165, 1.54) is 0 Å². The van der Waals surface area contributed by atoms with Gasteiger partial charge in [-0.1, -0.05) is 17.7 Å². The maximum atomic E-state index is 11.9. The van der Waals surface area contributed by atoms with Gasteiger partial charge in [-0.15, -0.1) is 12.4 Å². The Morgan fingerprint density at radius 3 is 2.63 bits per heavy atom. The molecule has 1 aromatic carbocycles. The zero-order valence-corrected chi connectivity index (χ0v) is 12.6. The van der Waals surface area contributed by atoms with Crippen LogP contribution in [0.1, 0.15) is 21.5 Å². The number of nitrogens with one attached hydrogen (secondary N) is 2. The summed E-state index contributed by atoms with van der Waals surface area (Å²) in [6.07, 6.45) is 0. The van der Waals surface area contributed by atoms with Crippen LogP contribution in [0.2, 0.25) is 0 Å². The highest BCUT2D eigenvalue weighted by Gasteiger charge is 2.07. The van der Waals surface area contributed by atoms with Crippen molar-refractivity contribution in [2.75, 3.05) is 33.4 Å². The van der Waals surface area contributed by atoms with E-state index < -0.39 is 0 Å². The number of methoxy groups -OCH3 is 1. The molecule has 1 rings (SSSR count). The van der Waals surface area contributed by atoms with Gasteiger partial charge in [-0.05, 0) is 25.5 Å². The highest BCUT2D eigenvalue weighted by Crippen LogP contribution is 2.10. The third kappa shape index (κ3) is 6.57. The zero-order valence-electron chi connectivity index (χ0n) is 11.8. The molecule has 0 aromatic heterocycles. The number of carbonyl (C=O) groups is 1. The van der Waals surface area contributed by atoms with Gasteiger partial charge in [0.05, 0.1) is 6.61 Å². The SMILES string of the molecule is COCCNCCNC(=O)c1cc(C)ccc1C.Cl. The molecule has 0 aliphatic carbocycles. The van der Waals surface area contributed by atoms with Crippen molar-refractivity contribution in [3.05, 3.63) is 34.9 Å². The van der Waals surface area contributed by atoms with Gasteiger partial charge in [0, 0.05) is 32.3 Å². The average Bonchev–Trinajstić information content (AvgIpc) is 2.36. The molecule has 0 unspecified atom stereocenters. The first-order valence-electron chi connectivity index (χ1n) is 6.20. The van der Waals surface area contributed by atoms with E-state index in [0.29, 0.717) is 13.2 Å². The maximum Gasteiger partial charge on any atom is 0.251 e. The zero-order chi connectivity index (χ0) is 13.4. The Morgan fingerprint density at radius 1 is 1.21 bits per heavy atom. The van der Waals surface area contributed by atoms with Crippen molar-refractivity contribution in [1.82, 2.24) is 10.6 Å². The lowest BCUT2D eigenvalue weighted by Crippen LogP contribution is -2.33. The lowest BCUT2D eigenvalue weighted by Gasteiger charge is -2.09. The monoisotopic (exact) mass is 286 g/mol. The second-order valence-corrected chi connectivity index (χ2v) is 4.32. The van der Waals surface area contributed by atoms with Crippen LogP contribution in [-0.4, -0.2) is 39.3 Å². The van der Waals surface area contributed by atoms with E-state index in [0.717, 1.165) is 29.8 Å². The Hall–Kier alpha value is -1.10. The largest absolute Gasteiger partial charge is 0.383 e. The summed E-state index contributed by atoms with van der Waals surface area (Å²) in [6, 6.07) is 5.91. The van der Waals surface area contributed by atoms with Crippen LogP contribution in [0.4, 0.5) is 0 Å². The average molecular weight is 287 g/mol. The molecule has 108 valence electrons. The number of aryl methyl sites for hydroxylation is 2. The summed E-state index contributed by atoms with van der Waals surface area (Å²) >= 11 is 0. The Bertz CT molecular complexity index is 397. The summed E-state index contributed by atoms with van der Waals surface area (Å²) in [4.78, 5) is 11.9. The van der Waals surface area contributed by atoms with Gasteiger partial charge < -0.3 is 15.4 Å². The number of rotatable bonds is 7. The molecule has 1 amide bonds. The number of ether oxygens (including phenoxy) is 1. The van der Waals surface area contributed by atoms with Crippen LogP contribution in [0.15, 0.2) is 18.2 Å². The molecule has 0 aliphatic heterocycles. The predicted octanol–water partition coefficient (Wildman–Crippen LogP) is 1.69. The number of hydrogen-bond donors (Lipinski definition) is 2. The van der Waals surface area contributed by atoms with Crippen molar-refractivity contribution < 1.29 is 9.53 Å². The van der Waals surface area contributed by atoms with Gasteiger partial charge in [0.15, 0.2) is 0 Å². The molecule has 0 saturated heterocycles. The van der Waals surface area contributed by atoms with Crippen LogP contribution < -0.4 is 10.6 Å². The fourth-order valence-electron chi connectivity index (χ4n) is 1.64. The van der Waals surface area contributed by atoms with E-state index in [-0.39, 0.29) is 18.3 Å². The highest BCUT2D eigenvalue weighted by atomic mass is 35.5. The smallest absolute Gasteiger partial charge is 0.251 e. The molecule has 19 heavy (non-hydrogen) atoms. The van der Waals surface area contributed by atoms with E-state index in [2.05, 4.69) is 10.6 Å². The Labute approximate surface area is 121 Å². The summed E-state index contributed by atoms with van der Waals surface area (Å²) in [5.41, 5.74) is 2.86. The molecule has 2 N–H and O–H groups in total. The van der Waals surface area contributed by atoms with E-state index in [1.54, 1.807) is 7.11 Å². The van der Waals surface area contributed by atoms with Crippen LogP contribution in [0.5, 0.6) is 0 Å². The second kappa shape index (κ2) is 9.78. The number of benzene rings is 1. The van der Waals surface area contributed by atoms with Crippen molar-refractivity contribution >= 4 is 18.3 Å². The van der Waals surface area contributed by atoms with Gasteiger partial charge in [0.1, 0.15) is 0 Å². The van der Waals surface area contributed by atoms with E-state index in [1.807, 2.05) is 32.0 Å². The Kier molecular flexibility index (Phi) is 9.21. The lowest BCUT2D eigenvalue weighted by molar-refractivity contribution is 0.0953. The number of hydrogen-bond acceptors (Lipinski definition) is 3. The van der Waals surface area contributed by atoms with Crippen LogP contribution in [0, 0.1) is 13.8 Å². The molecule has 0 radical (unpaired) electrons. The van der Waals surface area contributed by atoms with Gasteiger partial charge in [-0.3, -0.25) is 4.79 Å². The minimum absolute atomic E-state index is 0. The van der Waals surface area contributed by atoms with Gasteiger partial charge in [0.25, 0.3) is 5.91 Å². The molecule has 0 aliphatic rings. The van der Waals surface area contributed by atoms with Gasteiger partial charge in [0.2, 0.25) is 0 Å². The predicted molar refractivity (Wildman–Crippen MR) is 80.2 cm³/mol. The summed E-state index contributed by atoms with van der Waals surface area (Å²) in [5.74, 6) is -0.00950. The lowest BCUT2D eigenvalue weighted by atomic mass is 10.1. The Balaban J connectivity index is 0.00000324. The topological polar surface area (TPSA) is 50.4 Å². The molecular weight excluding hydrogens is 264 g/mol. The first-order chi connectivity index (χ1) is 8.65. The molecule has 4 nitrogen and oxygen atoms in total. The molecule has 0 spiro atoms. The van der Waals surface area contributed by atoms with Crippen molar-refractivity contribution in [2.24, 2.45) is 0 Å². The minimum atomic E-state index is -0.00950. The molecule has 0 saturated carbocycles. The fraction of sp³-hybridized carbons (Fsp3) is 0.500. The number of carbonyl (C=O) groups excluding carboxylic acids is 1. The maximum absolute atomic E-state index is 11.9. The van der Waals surface area contributed by atoms with Crippen molar-refractivity contribution in [1.29, 1.82) is 0 Å². The normalized spacial score (nSPS) is 9.84.